The van der Waals surface area contributed by atoms with Gasteiger partial charge in [-0.2, -0.15) is 5.26 Å². The molecule has 0 saturated heterocycles. The molecular formula is C45H26N4O. The molecule has 232 valence electrons. The van der Waals surface area contributed by atoms with E-state index in [2.05, 4.69) is 95.6 Å². The maximum Gasteiger partial charge on any atom is 0.160 e. The van der Waals surface area contributed by atoms with Crippen LogP contribution in [-0.2, 0) is 0 Å². The molecule has 0 N–H and O–H groups in total. The summed E-state index contributed by atoms with van der Waals surface area (Å²) in [6.45, 7) is 0. The van der Waals surface area contributed by atoms with Gasteiger partial charge in [-0.1, -0.05) is 109 Å². The van der Waals surface area contributed by atoms with Crippen molar-refractivity contribution in [3.63, 3.8) is 0 Å². The lowest BCUT2D eigenvalue weighted by Gasteiger charge is -2.13. The predicted octanol–water partition coefficient (Wildman–Crippen LogP) is 11.5. The van der Waals surface area contributed by atoms with Crippen molar-refractivity contribution in [3.05, 3.63) is 163 Å². The molecule has 0 bridgehead atoms. The summed E-state index contributed by atoms with van der Waals surface area (Å²) in [7, 11) is 0. The first-order valence-corrected chi connectivity index (χ1v) is 16.6. The molecule has 3 aromatic heterocycles. The Morgan fingerprint density at radius 3 is 1.98 bits per heavy atom. The van der Waals surface area contributed by atoms with Crippen LogP contribution in [0.5, 0.6) is 0 Å². The van der Waals surface area contributed by atoms with E-state index in [4.69, 9.17) is 14.4 Å². The fraction of sp³-hybridized carbons (Fsp3) is 0. The quantitative estimate of drug-likeness (QED) is 0.192. The summed E-state index contributed by atoms with van der Waals surface area (Å²) >= 11 is 0. The van der Waals surface area contributed by atoms with Crippen LogP contribution in [0, 0.1) is 11.3 Å². The second kappa shape index (κ2) is 11.0. The van der Waals surface area contributed by atoms with Gasteiger partial charge in [-0.3, -0.25) is 0 Å². The van der Waals surface area contributed by atoms with Crippen LogP contribution in [0.25, 0.3) is 94.1 Å². The summed E-state index contributed by atoms with van der Waals surface area (Å²) in [6.07, 6.45) is 0. The molecule has 0 atom stereocenters. The molecule has 7 aromatic carbocycles. The average molecular weight is 639 g/mol. The molecule has 5 heteroatoms. The molecule has 0 aliphatic carbocycles. The van der Waals surface area contributed by atoms with Crippen LogP contribution in [0.4, 0.5) is 0 Å². The lowest BCUT2D eigenvalue weighted by molar-refractivity contribution is 0.673. The highest BCUT2D eigenvalue weighted by molar-refractivity contribution is 6.24. The van der Waals surface area contributed by atoms with Crippen molar-refractivity contribution in [2.24, 2.45) is 0 Å². The lowest BCUT2D eigenvalue weighted by atomic mass is 9.97. The van der Waals surface area contributed by atoms with Gasteiger partial charge in [0.15, 0.2) is 5.82 Å². The third kappa shape index (κ3) is 4.26. The number of hydrogen-bond acceptors (Lipinski definition) is 4. The standard InChI is InChI=1S/C45H26N4O/c46-27-37-42(31-20-19-28-11-7-8-14-30(28)25-31)47-45(29-12-3-1-4-13-29)48-43(37)32-21-23-38-36(26-32)41-39(49(38)33-15-5-2-6-16-33)24-22-35-34-17-9-10-18-40(34)50-44(35)41/h1-26H. The van der Waals surface area contributed by atoms with Gasteiger partial charge in [0, 0.05) is 38.5 Å². The van der Waals surface area contributed by atoms with Crippen LogP contribution < -0.4 is 0 Å². The van der Waals surface area contributed by atoms with E-state index in [1.807, 2.05) is 72.8 Å². The molecule has 10 rings (SSSR count). The molecule has 0 radical (unpaired) electrons. The first-order valence-electron chi connectivity index (χ1n) is 16.6. The van der Waals surface area contributed by atoms with E-state index < -0.39 is 0 Å². The smallest absolute Gasteiger partial charge is 0.160 e. The van der Waals surface area contributed by atoms with Gasteiger partial charge in [-0.15, -0.1) is 0 Å². The number of hydrogen-bond donors (Lipinski definition) is 0. The number of nitriles is 1. The zero-order valence-corrected chi connectivity index (χ0v) is 26.7. The van der Waals surface area contributed by atoms with Crippen LogP contribution in [0.1, 0.15) is 5.56 Å². The van der Waals surface area contributed by atoms with E-state index in [9.17, 15) is 5.26 Å². The van der Waals surface area contributed by atoms with E-state index in [1.54, 1.807) is 0 Å². The zero-order chi connectivity index (χ0) is 33.2. The average Bonchev–Trinajstić information content (AvgIpc) is 3.73. The molecule has 0 aliphatic rings. The van der Waals surface area contributed by atoms with E-state index in [0.717, 1.165) is 76.9 Å². The third-order valence-electron chi connectivity index (χ3n) is 9.64. The molecule has 0 saturated carbocycles. The van der Waals surface area contributed by atoms with Crippen molar-refractivity contribution in [2.45, 2.75) is 0 Å². The highest BCUT2D eigenvalue weighted by atomic mass is 16.3. The molecule has 5 nitrogen and oxygen atoms in total. The monoisotopic (exact) mass is 638 g/mol. The van der Waals surface area contributed by atoms with Crippen LogP contribution in [0.15, 0.2) is 162 Å². The van der Waals surface area contributed by atoms with Gasteiger partial charge in [0.05, 0.1) is 27.8 Å². The second-order valence-electron chi connectivity index (χ2n) is 12.5. The first-order chi connectivity index (χ1) is 24.7. The summed E-state index contributed by atoms with van der Waals surface area (Å²) in [5, 5.41) is 17.2. The number of aromatic nitrogens is 3. The minimum atomic E-state index is 0.431. The molecule has 10 aromatic rings. The number of furan rings is 1. The van der Waals surface area contributed by atoms with Gasteiger partial charge >= 0.3 is 0 Å². The van der Waals surface area contributed by atoms with Crippen molar-refractivity contribution in [1.29, 1.82) is 5.26 Å². The number of para-hydroxylation sites is 2. The Labute approximate surface area is 286 Å². The van der Waals surface area contributed by atoms with Crippen molar-refractivity contribution in [2.75, 3.05) is 0 Å². The molecule has 0 unspecified atom stereocenters. The van der Waals surface area contributed by atoms with Crippen LogP contribution in [0.3, 0.4) is 0 Å². The fourth-order valence-corrected chi connectivity index (χ4v) is 7.33. The third-order valence-corrected chi connectivity index (χ3v) is 9.64. The van der Waals surface area contributed by atoms with E-state index in [0.29, 0.717) is 22.8 Å². The number of fused-ring (bicyclic) bond motifs is 8. The van der Waals surface area contributed by atoms with Crippen molar-refractivity contribution in [1.82, 2.24) is 14.5 Å². The predicted molar refractivity (Wildman–Crippen MR) is 202 cm³/mol. The van der Waals surface area contributed by atoms with Gasteiger partial charge in [0.25, 0.3) is 0 Å². The van der Waals surface area contributed by atoms with Gasteiger partial charge < -0.3 is 8.98 Å². The second-order valence-corrected chi connectivity index (χ2v) is 12.5. The van der Waals surface area contributed by atoms with Crippen LogP contribution >= 0.6 is 0 Å². The summed E-state index contributed by atoms with van der Waals surface area (Å²) in [4.78, 5) is 10.2. The summed E-state index contributed by atoms with van der Waals surface area (Å²) in [6, 6.07) is 56.2. The molecule has 0 fully saturated rings. The molecule has 0 spiro atoms. The zero-order valence-electron chi connectivity index (χ0n) is 26.7. The molecule has 0 amide bonds. The van der Waals surface area contributed by atoms with Gasteiger partial charge in [0.1, 0.15) is 22.8 Å². The highest BCUT2D eigenvalue weighted by Crippen LogP contribution is 2.42. The van der Waals surface area contributed by atoms with Gasteiger partial charge in [-0.05, 0) is 59.3 Å². The Balaban J connectivity index is 1.29. The first kappa shape index (κ1) is 28.0. The minimum absolute atomic E-state index is 0.431. The fourth-order valence-electron chi connectivity index (χ4n) is 7.33. The van der Waals surface area contributed by atoms with Crippen molar-refractivity contribution < 1.29 is 4.42 Å². The Kier molecular flexibility index (Phi) is 6.17. The van der Waals surface area contributed by atoms with Crippen LogP contribution in [-0.4, -0.2) is 14.5 Å². The Bertz CT molecular complexity index is 2990. The minimum Gasteiger partial charge on any atom is -0.455 e. The molecule has 3 heterocycles. The summed E-state index contributed by atoms with van der Waals surface area (Å²) < 4.78 is 8.89. The van der Waals surface area contributed by atoms with Crippen LogP contribution in [0.2, 0.25) is 0 Å². The van der Waals surface area contributed by atoms with Gasteiger partial charge in [-0.25, -0.2) is 9.97 Å². The largest absolute Gasteiger partial charge is 0.455 e. The Hall–Kier alpha value is -7.03. The van der Waals surface area contributed by atoms with E-state index in [-0.39, 0.29) is 0 Å². The summed E-state index contributed by atoms with van der Waals surface area (Å²) in [5.41, 5.74) is 9.02. The number of nitrogens with zero attached hydrogens (tertiary/aromatic N) is 4. The molecular weight excluding hydrogens is 613 g/mol. The van der Waals surface area contributed by atoms with Gasteiger partial charge in [0.2, 0.25) is 0 Å². The maximum atomic E-state index is 10.8. The normalized spacial score (nSPS) is 11.6. The van der Waals surface area contributed by atoms with E-state index >= 15 is 0 Å². The summed E-state index contributed by atoms with van der Waals surface area (Å²) in [5.74, 6) is 0.564. The number of benzene rings is 7. The topological polar surface area (TPSA) is 67.6 Å². The lowest BCUT2D eigenvalue weighted by Crippen LogP contribution is -2.01. The molecule has 0 aliphatic heterocycles. The van der Waals surface area contributed by atoms with Crippen molar-refractivity contribution >= 4 is 54.5 Å². The van der Waals surface area contributed by atoms with E-state index in [1.165, 1.54) is 0 Å². The highest BCUT2D eigenvalue weighted by Gasteiger charge is 2.22. The maximum absolute atomic E-state index is 10.8. The Morgan fingerprint density at radius 2 is 1.18 bits per heavy atom. The number of rotatable bonds is 4. The molecule has 50 heavy (non-hydrogen) atoms. The van der Waals surface area contributed by atoms with Crippen molar-refractivity contribution in [3.8, 4) is 45.7 Å². The Morgan fingerprint density at radius 1 is 0.520 bits per heavy atom. The SMILES string of the molecule is N#Cc1c(-c2ccc3ccccc3c2)nc(-c2ccccc2)nc1-c1ccc2c(c1)c1c3oc4ccccc4c3ccc1n2-c1ccccc1.